The zero-order chi connectivity index (χ0) is 14.4. The number of hydrogen-bond donors (Lipinski definition) is 0. The van der Waals surface area contributed by atoms with Crippen molar-refractivity contribution >= 4 is 22.6 Å². The van der Waals surface area contributed by atoms with Gasteiger partial charge < -0.3 is 0 Å². The van der Waals surface area contributed by atoms with E-state index >= 15 is 0 Å². The number of nitro benzene ring substituents is 1. The predicted molar refractivity (Wildman–Crippen MR) is 67.6 cm³/mol. The van der Waals surface area contributed by atoms with E-state index in [-0.39, 0.29) is 10.7 Å². The van der Waals surface area contributed by atoms with E-state index in [2.05, 4.69) is 11.8 Å². The number of rotatable bonds is 3. The van der Waals surface area contributed by atoms with Crippen molar-refractivity contribution in [2.24, 2.45) is 0 Å². The van der Waals surface area contributed by atoms with Gasteiger partial charge in [0.2, 0.25) is 5.82 Å². The molecule has 1 rings (SSSR count). The highest BCUT2D eigenvalue weighted by molar-refractivity contribution is 8.13. The van der Waals surface area contributed by atoms with Gasteiger partial charge in [-0.2, -0.15) is 4.39 Å². The Hall–Kier alpha value is -1.94. The van der Waals surface area contributed by atoms with Crippen molar-refractivity contribution < 1.29 is 18.5 Å². The molecule has 1 aromatic carbocycles. The van der Waals surface area contributed by atoms with Crippen molar-refractivity contribution in [1.82, 2.24) is 0 Å². The lowest BCUT2D eigenvalue weighted by Crippen LogP contribution is -1.96. The smallest absolute Gasteiger partial charge is 0.288 e. The van der Waals surface area contributed by atoms with Crippen LogP contribution in [0.1, 0.15) is 18.9 Å². The van der Waals surface area contributed by atoms with E-state index in [1.165, 1.54) is 6.92 Å². The lowest BCUT2D eigenvalue weighted by molar-refractivity contribution is -0.387. The number of nitro groups is 1. The number of carbonyl (C=O) groups excluding carboxylic acids is 1. The lowest BCUT2D eigenvalue weighted by atomic mass is 10.2. The molecule has 7 heteroatoms. The summed E-state index contributed by atoms with van der Waals surface area (Å²) < 4.78 is 26.6. The molecule has 4 nitrogen and oxygen atoms in total. The van der Waals surface area contributed by atoms with Crippen molar-refractivity contribution in [3.8, 4) is 11.8 Å². The van der Waals surface area contributed by atoms with Crippen LogP contribution in [0.5, 0.6) is 0 Å². The number of hydrogen-bond acceptors (Lipinski definition) is 4. The van der Waals surface area contributed by atoms with E-state index in [4.69, 9.17) is 0 Å². The second-order valence-electron chi connectivity index (χ2n) is 3.43. The summed E-state index contributed by atoms with van der Waals surface area (Å²) in [5, 5.41) is 10.3. The fourth-order valence-electron chi connectivity index (χ4n) is 1.18. The van der Waals surface area contributed by atoms with Gasteiger partial charge >= 0.3 is 5.69 Å². The van der Waals surface area contributed by atoms with Gasteiger partial charge in [-0.3, -0.25) is 14.9 Å². The Morgan fingerprint density at radius 1 is 1.42 bits per heavy atom. The molecule has 0 bridgehead atoms. The number of benzene rings is 1. The maximum Gasteiger partial charge on any atom is 0.307 e. The molecule has 0 spiro atoms. The third kappa shape index (κ3) is 4.67. The fourth-order valence-corrected chi connectivity index (χ4v) is 1.67. The van der Waals surface area contributed by atoms with Crippen LogP contribution in [0.25, 0.3) is 0 Å². The lowest BCUT2D eigenvalue weighted by Gasteiger charge is -1.97. The highest BCUT2D eigenvalue weighted by atomic mass is 32.2. The molecule has 100 valence electrons. The van der Waals surface area contributed by atoms with Gasteiger partial charge in [0, 0.05) is 19.1 Å². The van der Waals surface area contributed by atoms with Gasteiger partial charge in [0.1, 0.15) is 5.82 Å². The predicted octanol–water partition coefficient (Wildman–Crippen LogP) is 2.89. The molecule has 0 saturated carbocycles. The molecule has 0 aromatic heterocycles. The average Bonchev–Trinajstić information content (AvgIpc) is 2.31. The molecule has 0 aliphatic carbocycles. The van der Waals surface area contributed by atoms with Gasteiger partial charge in [-0.1, -0.05) is 23.6 Å². The normalized spacial score (nSPS) is 9.63. The molecule has 0 aliphatic heterocycles. The van der Waals surface area contributed by atoms with E-state index in [0.717, 1.165) is 11.8 Å². The summed E-state index contributed by atoms with van der Waals surface area (Å²) in [5.41, 5.74) is -1.16. The summed E-state index contributed by atoms with van der Waals surface area (Å²) in [6.07, 6.45) is 0.336. The molecule has 0 amide bonds. The third-order valence-corrected chi connectivity index (χ3v) is 2.80. The molecule has 0 atom stereocenters. The summed E-state index contributed by atoms with van der Waals surface area (Å²) in [4.78, 5) is 20.0. The van der Waals surface area contributed by atoms with Gasteiger partial charge in [-0.15, -0.1) is 0 Å². The minimum atomic E-state index is -1.13. The first-order chi connectivity index (χ1) is 8.91. The second-order valence-corrected chi connectivity index (χ2v) is 4.70. The first-order valence-electron chi connectivity index (χ1n) is 5.17. The maximum atomic E-state index is 13.4. The van der Waals surface area contributed by atoms with Crippen LogP contribution in [-0.4, -0.2) is 15.8 Å². The molecular formula is C12H9F2NO3S. The Labute approximate surface area is 112 Å². The van der Waals surface area contributed by atoms with E-state index in [1.54, 1.807) is 0 Å². The van der Waals surface area contributed by atoms with E-state index in [9.17, 15) is 23.7 Å². The van der Waals surface area contributed by atoms with Gasteiger partial charge in [0.15, 0.2) is 5.12 Å². The molecule has 1 aromatic rings. The maximum absolute atomic E-state index is 13.4. The first-order valence-corrected chi connectivity index (χ1v) is 6.16. The van der Waals surface area contributed by atoms with Crippen LogP contribution in [0.4, 0.5) is 14.5 Å². The standard InChI is InChI=1S/C12H9F2NO3S/c1-8(16)19-5-3-2-4-9-6-11(14)12(15(17)18)7-10(9)13/h6-7H,3,5H2,1H3. The van der Waals surface area contributed by atoms with E-state index in [1.807, 2.05) is 0 Å². The van der Waals surface area contributed by atoms with E-state index < -0.39 is 22.2 Å². The third-order valence-electron chi connectivity index (χ3n) is 1.99. The van der Waals surface area contributed by atoms with Crippen molar-refractivity contribution in [2.75, 3.05) is 5.75 Å². The van der Waals surface area contributed by atoms with Crippen LogP contribution in [0.2, 0.25) is 0 Å². The van der Waals surface area contributed by atoms with Crippen molar-refractivity contribution in [3.05, 3.63) is 39.4 Å². The van der Waals surface area contributed by atoms with Crippen LogP contribution >= 0.6 is 11.8 Å². The average molecular weight is 285 g/mol. The summed E-state index contributed by atoms with van der Waals surface area (Å²) in [6, 6.07) is 1.20. The minimum absolute atomic E-state index is 0.0469. The van der Waals surface area contributed by atoms with Gasteiger partial charge in [0.05, 0.1) is 16.6 Å². The Kier molecular flexibility index (Phi) is 5.45. The van der Waals surface area contributed by atoms with Crippen LogP contribution in [0.3, 0.4) is 0 Å². The summed E-state index contributed by atoms with van der Waals surface area (Å²) >= 11 is 1.08. The molecule has 0 radical (unpaired) electrons. The SMILES string of the molecule is CC(=O)SCCC#Cc1cc(F)c([N+](=O)[O-])cc1F. The summed E-state index contributed by atoms with van der Waals surface area (Å²) in [7, 11) is 0. The van der Waals surface area contributed by atoms with Crippen LogP contribution in [0.15, 0.2) is 12.1 Å². The van der Waals surface area contributed by atoms with Gasteiger partial charge in [0.25, 0.3) is 0 Å². The Bertz CT molecular complexity index is 578. The molecule has 0 saturated heterocycles. The topological polar surface area (TPSA) is 60.2 Å². The monoisotopic (exact) mass is 285 g/mol. The summed E-state index contributed by atoms with van der Waals surface area (Å²) in [6.45, 7) is 1.42. The molecule has 0 N–H and O–H groups in total. The van der Waals surface area contributed by atoms with E-state index in [0.29, 0.717) is 24.3 Å². The molecular weight excluding hydrogens is 276 g/mol. The highest BCUT2D eigenvalue weighted by Gasteiger charge is 2.17. The molecule has 0 fully saturated rings. The van der Waals surface area contributed by atoms with Crippen LogP contribution in [0, 0.1) is 33.6 Å². The minimum Gasteiger partial charge on any atom is -0.288 e. The Morgan fingerprint density at radius 3 is 2.68 bits per heavy atom. The highest BCUT2D eigenvalue weighted by Crippen LogP contribution is 2.20. The van der Waals surface area contributed by atoms with Crippen LogP contribution in [-0.2, 0) is 4.79 Å². The van der Waals surface area contributed by atoms with Crippen LogP contribution < -0.4 is 0 Å². The van der Waals surface area contributed by atoms with Gasteiger partial charge in [-0.25, -0.2) is 4.39 Å². The molecule has 0 aliphatic rings. The first kappa shape index (κ1) is 15.1. The quantitative estimate of drug-likeness (QED) is 0.371. The van der Waals surface area contributed by atoms with Gasteiger partial charge in [-0.05, 0) is 6.07 Å². The van der Waals surface area contributed by atoms with Crippen molar-refractivity contribution in [2.45, 2.75) is 13.3 Å². The number of halogens is 2. The zero-order valence-electron chi connectivity index (χ0n) is 9.91. The summed E-state index contributed by atoms with van der Waals surface area (Å²) in [5.74, 6) is 3.34. The molecule has 19 heavy (non-hydrogen) atoms. The number of nitrogens with zero attached hydrogens (tertiary/aromatic N) is 1. The van der Waals surface area contributed by atoms with Crippen molar-refractivity contribution in [1.29, 1.82) is 0 Å². The second kappa shape index (κ2) is 6.85. The van der Waals surface area contributed by atoms with Crippen molar-refractivity contribution in [3.63, 3.8) is 0 Å². The number of thioether (sulfide) groups is 1. The molecule has 0 heterocycles. The largest absolute Gasteiger partial charge is 0.307 e. The zero-order valence-corrected chi connectivity index (χ0v) is 10.7. The Balaban J connectivity index is 2.80. The Morgan fingerprint density at radius 2 is 2.11 bits per heavy atom. The molecule has 0 unspecified atom stereocenters. The fraction of sp³-hybridized carbons (Fsp3) is 0.250. The number of carbonyl (C=O) groups is 1.